The quantitative estimate of drug-likeness (QED) is 0.850. The second kappa shape index (κ2) is 4.88. The lowest BCUT2D eigenvalue weighted by molar-refractivity contribution is 0.199. The normalized spacial score (nSPS) is 22.8. The molecule has 2 N–H and O–H groups in total. The highest BCUT2D eigenvalue weighted by Gasteiger charge is 2.33. The van der Waals surface area contributed by atoms with Crippen LogP contribution in [0.5, 0.6) is 0 Å². The lowest BCUT2D eigenvalue weighted by atomic mass is 10.1. The third-order valence-corrected chi connectivity index (χ3v) is 5.31. The van der Waals surface area contributed by atoms with Crippen LogP contribution in [0.1, 0.15) is 31.5 Å². The predicted molar refractivity (Wildman–Crippen MR) is 71.3 cm³/mol. The van der Waals surface area contributed by atoms with Crippen molar-refractivity contribution in [3.8, 4) is 0 Å². The fraction of sp³-hybridized carbons (Fsp3) is 0.750. The molecule has 19 heavy (non-hydrogen) atoms. The van der Waals surface area contributed by atoms with E-state index in [-0.39, 0.29) is 11.1 Å². The summed E-state index contributed by atoms with van der Waals surface area (Å²) in [6, 6.07) is 0.816. The summed E-state index contributed by atoms with van der Waals surface area (Å²) in [4.78, 5) is 9.18. The molecule has 1 saturated heterocycles. The van der Waals surface area contributed by atoms with Crippen molar-refractivity contribution in [2.24, 2.45) is 0 Å². The molecule has 7 heteroatoms. The molecule has 2 aliphatic rings. The summed E-state index contributed by atoms with van der Waals surface area (Å²) in [5.41, 5.74) is 0. The number of H-pyrrole nitrogens is 1. The first-order valence-electron chi connectivity index (χ1n) is 6.82. The van der Waals surface area contributed by atoms with E-state index in [4.69, 9.17) is 0 Å². The summed E-state index contributed by atoms with van der Waals surface area (Å²) in [6.07, 6.45) is 5.77. The molecule has 1 saturated carbocycles. The number of nitrogens with one attached hydrogen (secondary N) is 2. The first kappa shape index (κ1) is 13.1. The second-order valence-electron chi connectivity index (χ2n) is 5.50. The number of hydrogen-bond acceptors (Lipinski definition) is 4. The third kappa shape index (κ3) is 2.98. The van der Waals surface area contributed by atoms with Crippen LogP contribution in [0.25, 0.3) is 0 Å². The van der Waals surface area contributed by atoms with Crippen LogP contribution >= 0.6 is 0 Å². The van der Waals surface area contributed by atoms with Gasteiger partial charge in [-0.25, -0.2) is 18.1 Å². The van der Waals surface area contributed by atoms with Gasteiger partial charge in [0, 0.05) is 12.1 Å². The van der Waals surface area contributed by atoms with Gasteiger partial charge in [-0.15, -0.1) is 0 Å². The average molecular weight is 284 g/mol. The highest BCUT2D eigenvalue weighted by Crippen LogP contribution is 2.29. The summed E-state index contributed by atoms with van der Waals surface area (Å²) in [7, 11) is -3.45. The van der Waals surface area contributed by atoms with Crippen LogP contribution in [0.2, 0.25) is 0 Å². The third-order valence-electron chi connectivity index (χ3n) is 3.88. The van der Waals surface area contributed by atoms with E-state index in [1.165, 1.54) is 19.0 Å². The number of aromatic nitrogens is 2. The Labute approximate surface area is 113 Å². The maximum Gasteiger partial charge on any atom is 0.257 e. The van der Waals surface area contributed by atoms with Gasteiger partial charge in [0.25, 0.3) is 10.0 Å². The molecular formula is C12H20N4O2S. The number of likely N-dealkylation sites (tertiary alicyclic amines) is 1. The van der Waals surface area contributed by atoms with Crippen molar-refractivity contribution in [1.29, 1.82) is 0 Å². The maximum atomic E-state index is 12.1. The number of rotatable bonds is 4. The number of aryl methyl sites for hydroxylation is 1. The van der Waals surface area contributed by atoms with Crippen LogP contribution < -0.4 is 4.72 Å². The Morgan fingerprint density at radius 1 is 1.32 bits per heavy atom. The highest BCUT2D eigenvalue weighted by atomic mass is 32.2. The zero-order valence-corrected chi connectivity index (χ0v) is 11.9. The molecule has 106 valence electrons. The van der Waals surface area contributed by atoms with Gasteiger partial charge in [0.15, 0.2) is 5.03 Å². The summed E-state index contributed by atoms with van der Waals surface area (Å²) >= 11 is 0. The van der Waals surface area contributed by atoms with Crippen LogP contribution in [-0.4, -0.2) is 48.5 Å². The number of hydrogen-bond donors (Lipinski definition) is 2. The van der Waals surface area contributed by atoms with Gasteiger partial charge in [0.2, 0.25) is 0 Å². The van der Waals surface area contributed by atoms with Crippen LogP contribution in [0.3, 0.4) is 0 Å². The van der Waals surface area contributed by atoms with Crippen LogP contribution in [0.15, 0.2) is 11.2 Å². The molecule has 2 heterocycles. The van der Waals surface area contributed by atoms with Crippen molar-refractivity contribution in [2.75, 3.05) is 13.1 Å². The monoisotopic (exact) mass is 284 g/mol. The highest BCUT2D eigenvalue weighted by molar-refractivity contribution is 7.89. The largest absolute Gasteiger partial charge is 0.332 e. The molecular weight excluding hydrogens is 264 g/mol. The molecule has 0 aromatic carbocycles. The molecule has 2 fully saturated rings. The number of piperidine rings is 1. The molecule has 0 spiro atoms. The maximum absolute atomic E-state index is 12.1. The van der Waals surface area contributed by atoms with Crippen molar-refractivity contribution >= 4 is 10.0 Å². The molecule has 0 amide bonds. The van der Waals surface area contributed by atoms with Crippen molar-refractivity contribution in [3.63, 3.8) is 0 Å². The van der Waals surface area contributed by atoms with Crippen molar-refractivity contribution < 1.29 is 8.42 Å². The van der Waals surface area contributed by atoms with E-state index in [1.807, 2.05) is 0 Å². The summed E-state index contributed by atoms with van der Waals surface area (Å²) in [5.74, 6) is 0.615. The minimum atomic E-state index is -3.45. The van der Waals surface area contributed by atoms with E-state index < -0.39 is 10.0 Å². The minimum absolute atomic E-state index is 0.0450. The van der Waals surface area contributed by atoms with Crippen LogP contribution in [0, 0.1) is 6.92 Å². The molecule has 1 aromatic rings. The van der Waals surface area contributed by atoms with Gasteiger partial charge < -0.3 is 9.88 Å². The Kier molecular flexibility index (Phi) is 3.36. The Hall–Kier alpha value is -0.920. The molecule has 0 radical (unpaired) electrons. The van der Waals surface area contributed by atoms with Crippen LogP contribution in [-0.2, 0) is 10.0 Å². The van der Waals surface area contributed by atoms with Gasteiger partial charge in [0.05, 0.1) is 6.20 Å². The van der Waals surface area contributed by atoms with Gasteiger partial charge >= 0.3 is 0 Å². The van der Waals surface area contributed by atoms with Gasteiger partial charge in [-0.05, 0) is 45.7 Å². The SMILES string of the molecule is Cc1ncc(S(=O)(=O)NC2CCN(C3CC3)CC2)[nH]1. The number of sulfonamides is 1. The van der Waals surface area contributed by atoms with Crippen LogP contribution in [0.4, 0.5) is 0 Å². The zero-order chi connectivity index (χ0) is 13.5. The topological polar surface area (TPSA) is 78.1 Å². The standard InChI is InChI=1S/C12H20N4O2S/c1-9-13-8-12(14-9)19(17,18)15-10-4-6-16(7-5-10)11-2-3-11/h8,10-11,15H,2-7H2,1H3,(H,13,14). The molecule has 1 aromatic heterocycles. The number of imidazole rings is 1. The number of nitrogens with zero attached hydrogens (tertiary/aromatic N) is 2. The molecule has 0 bridgehead atoms. The van der Waals surface area contributed by atoms with E-state index in [2.05, 4.69) is 19.6 Å². The van der Waals surface area contributed by atoms with E-state index in [9.17, 15) is 8.42 Å². The molecule has 6 nitrogen and oxygen atoms in total. The van der Waals surface area contributed by atoms with E-state index in [1.54, 1.807) is 6.92 Å². The molecule has 3 rings (SSSR count). The van der Waals surface area contributed by atoms with Crippen molar-refractivity contribution in [3.05, 3.63) is 12.0 Å². The van der Waals surface area contributed by atoms with Crippen molar-refractivity contribution in [1.82, 2.24) is 19.6 Å². The van der Waals surface area contributed by atoms with Gasteiger partial charge in [-0.2, -0.15) is 0 Å². The second-order valence-corrected chi connectivity index (χ2v) is 7.18. The molecule has 1 aliphatic carbocycles. The predicted octanol–water partition coefficient (Wildman–Crippen LogP) is 0.623. The van der Waals surface area contributed by atoms with Gasteiger partial charge in [-0.1, -0.05) is 0 Å². The Balaban J connectivity index is 1.59. The average Bonchev–Trinajstić information content (AvgIpc) is 3.11. The first-order chi connectivity index (χ1) is 9.04. The Morgan fingerprint density at radius 3 is 2.53 bits per heavy atom. The van der Waals surface area contributed by atoms with Gasteiger partial charge in [-0.3, -0.25) is 0 Å². The summed E-state index contributed by atoms with van der Waals surface area (Å²) in [6.45, 7) is 3.74. The minimum Gasteiger partial charge on any atom is -0.332 e. The van der Waals surface area contributed by atoms with Gasteiger partial charge in [0.1, 0.15) is 5.82 Å². The summed E-state index contributed by atoms with van der Waals surface area (Å²) in [5, 5.41) is 0.162. The summed E-state index contributed by atoms with van der Waals surface area (Å²) < 4.78 is 27.1. The molecule has 1 aliphatic heterocycles. The lowest BCUT2D eigenvalue weighted by Gasteiger charge is -2.32. The lowest BCUT2D eigenvalue weighted by Crippen LogP contribution is -2.45. The number of aromatic amines is 1. The van der Waals surface area contributed by atoms with E-state index >= 15 is 0 Å². The Bertz CT molecular complexity index is 542. The molecule has 0 unspecified atom stereocenters. The van der Waals surface area contributed by atoms with E-state index in [0.29, 0.717) is 5.82 Å². The van der Waals surface area contributed by atoms with E-state index in [0.717, 1.165) is 32.0 Å². The smallest absolute Gasteiger partial charge is 0.257 e. The molecule has 0 atom stereocenters. The Morgan fingerprint density at radius 2 is 2.00 bits per heavy atom. The fourth-order valence-electron chi connectivity index (χ4n) is 2.64. The first-order valence-corrected chi connectivity index (χ1v) is 8.31. The fourth-order valence-corrected chi connectivity index (χ4v) is 3.91. The van der Waals surface area contributed by atoms with Crippen molar-refractivity contribution in [2.45, 2.75) is 49.7 Å². The zero-order valence-electron chi connectivity index (χ0n) is 11.1.